The van der Waals surface area contributed by atoms with Crippen LogP contribution in [-0.4, -0.2) is 44.4 Å². The van der Waals surface area contributed by atoms with Gasteiger partial charge in [0.25, 0.3) is 8.32 Å². The Morgan fingerprint density at radius 1 is 0.892 bits per heavy atom. The molecule has 2 N–H and O–H groups in total. The fourth-order valence-corrected chi connectivity index (χ4v) is 11.3. The van der Waals surface area contributed by atoms with E-state index in [0.29, 0.717) is 13.2 Å². The number of rotatable bonds is 7. The first-order valence-corrected chi connectivity index (χ1v) is 15.7. The van der Waals surface area contributed by atoms with Crippen LogP contribution in [0.2, 0.25) is 5.04 Å². The fraction of sp³-hybridized carbons (Fsp3) is 0.438. The number of fused-ring (bicyclic) bond motifs is 1. The molecule has 0 aromatic heterocycles. The molecule has 1 saturated carbocycles. The molecule has 3 aromatic carbocycles. The van der Waals surface area contributed by atoms with Gasteiger partial charge < -0.3 is 19.6 Å². The van der Waals surface area contributed by atoms with Gasteiger partial charge in [-0.1, -0.05) is 99.6 Å². The van der Waals surface area contributed by atoms with Crippen molar-refractivity contribution in [2.75, 3.05) is 18.5 Å². The minimum atomic E-state index is -2.64. The fourth-order valence-electron chi connectivity index (χ4n) is 6.65. The van der Waals surface area contributed by atoms with Crippen molar-refractivity contribution < 1.29 is 14.3 Å². The number of para-hydroxylation sites is 1. The summed E-state index contributed by atoms with van der Waals surface area (Å²) in [4.78, 5) is 0. The molecule has 1 aliphatic heterocycles. The summed E-state index contributed by atoms with van der Waals surface area (Å²) in [6.07, 6.45) is 3.23. The van der Waals surface area contributed by atoms with Gasteiger partial charge in [-0.15, -0.1) is 0 Å². The van der Waals surface area contributed by atoms with Crippen LogP contribution in [0.1, 0.15) is 46.5 Å². The highest BCUT2D eigenvalue weighted by Crippen LogP contribution is 2.44. The molecule has 4 atom stereocenters. The molecule has 0 spiro atoms. The minimum Gasteiger partial charge on any atom is -0.407 e. The molecule has 4 nitrogen and oxygen atoms in total. The lowest BCUT2D eigenvalue weighted by Crippen LogP contribution is -2.68. The van der Waals surface area contributed by atoms with Crippen LogP contribution in [0.4, 0.5) is 5.69 Å². The van der Waals surface area contributed by atoms with Crippen LogP contribution in [0.25, 0.3) is 0 Å². The molecule has 0 radical (unpaired) electrons. The van der Waals surface area contributed by atoms with E-state index in [1.165, 1.54) is 10.4 Å². The van der Waals surface area contributed by atoms with Crippen LogP contribution >= 0.6 is 0 Å². The summed E-state index contributed by atoms with van der Waals surface area (Å²) in [6.45, 7) is 8.22. The predicted molar refractivity (Wildman–Crippen MR) is 154 cm³/mol. The summed E-state index contributed by atoms with van der Waals surface area (Å²) >= 11 is 0. The van der Waals surface area contributed by atoms with Gasteiger partial charge in [0.2, 0.25) is 0 Å². The third-order valence-corrected chi connectivity index (χ3v) is 13.4. The van der Waals surface area contributed by atoms with Gasteiger partial charge in [0, 0.05) is 24.8 Å². The molecule has 5 heteroatoms. The van der Waals surface area contributed by atoms with Gasteiger partial charge in [0.05, 0.1) is 12.1 Å². The summed E-state index contributed by atoms with van der Waals surface area (Å²) in [5, 5.41) is 18.2. The van der Waals surface area contributed by atoms with Gasteiger partial charge in [-0.05, 0) is 53.2 Å². The van der Waals surface area contributed by atoms with E-state index in [1.807, 2.05) is 18.2 Å². The van der Waals surface area contributed by atoms with E-state index in [2.05, 4.69) is 98.9 Å². The first kappa shape index (κ1) is 26.2. The average molecular weight is 516 g/mol. The highest BCUT2D eigenvalue weighted by Gasteiger charge is 2.55. The molecule has 37 heavy (non-hydrogen) atoms. The van der Waals surface area contributed by atoms with Crippen LogP contribution < -0.4 is 15.7 Å². The quantitative estimate of drug-likeness (QED) is 0.416. The summed E-state index contributed by atoms with van der Waals surface area (Å²) in [6, 6.07) is 31.8. The molecule has 2 fully saturated rings. The van der Waals surface area contributed by atoms with E-state index in [4.69, 9.17) is 9.16 Å². The lowest BCUT2D eigenvalue weighted by atomic mass is 9.69. The maximum Gasteiger partial charge on any atom is 0.261 e. The van der Waals surface area contributed by atoms with Crippen LogP contribution in [0.5, 0.6) is 0 Å². The average Bonchev–Trinajstić information content (AvgIpc) is 2.91. The van der Waals surface area contributed by atoms with Gasteiger partial charge >= 0.3 is 0 Å². The molecule has 1 saturated heterocycles. The molecular weight excluding hydrogens is 474 g/mol. The Morgan fingerprint density at radius 3 is 2.03 bits per heavy atom. The molecule has 0 unspecified atom stereocenters. The summed E-state index contributed by atoms with van der Waals surface area (Å²) in [5.74, 6) is 0.140. The zero-order valence-corrected chi connectivity index (χ0v) is 23.4. The highest BCUT2D eigenvalue weighted by atomic mass is 28.4. The van der Waals surface area contributed by atoms with Crippen molar-refractivity contribution in [1.29, 1.82) is 0 Å². The van der Waals surface area contributed by atoms with E-state index in [9.17, 15) is 5.11 Å². The van der Waals surface area contributed by atoms with E-state index < -0.39 is 13.9 Å². The molecular formula is C32H41NO3Si. The van der Waals surface area contributed by atoms with Crippen LogP contribution in [0, 0.1) is 5.92 Å². The summed E-state index contributed by atoms with van der Waals surface area (Å²) in [7, 11) is -2.64. The Bertz CT molecular complexity index is 1100. The second kappa shape index (κ2) is 10.7. The minimum absolute atomic E-state index is 0.0377. The number of nitrogens with one attached hydrogen (secondary N) is 1. The number of aliphatic hydroxyl groups is 1. The van der Waals surface area contributed by atoms with Crippen LogP contribution in [-0.2, 0) is 9.16 Å². The van der Waals surface area contributed by atoms with Gasteiger partial charge in [0.1, 0.15) is 5.60 Å². The Labute approximate surface area is 223 Å². The maximum atomic E-state index is 12.1. The number of hydrogen-bond acceptors (Lipinski definition) is 4. The molecule has 5 rings (SSSR count). The Hall–Kier alpha value is -2.44. The summed E-state index contributed by atoms with van der Waals surface area (Å²) in [5.41, 5.74) is 0.137. The number of hydrogen-bond donors (Lipinski definition) is 2. The third kappa shape index (κ3) is 5.02. The van der Waals surface area contributed by atoms with Gasteiger partial charge in [0.15, 0.2) is 0 Å². The molecule has 196 valence electrons. The zero-order chi connectivity index (χ0) is 25.9. The van der Waals surface area contributed by atoms with Gasteiger partial charge in [-0.2, -0.15) is 0 Å². The monoisotopic (exact) mass is 515 g/mol. The molecule has 3 aromatic rings. The van der Waals surface area contributed by atoms with Crippen molar-refractivity contribution in [2.24, 2.45) is 5.92 Å². The first-order valence-electron chi connectivity index (χ1n) is 13.8. The smallest absolute Gasteiger partial charge is 0.261 e. The second-order valence-corrected chi connectivity index (χ2v) is 16.1. The molecule has 0 amide bonds. The number of ether oxygens (including phenoxy) is 1. The molecule has 1 aliphatic carbocycles. The Balaban J connectivity index is 1.44. The Kier molecular flexibility index (Phi) is 7.60. The molecule has 2 aliphatic rings. The predicted octanol–water partition coefficient (Wildman–Crippen LogP) is 5.36. The van der Waals surface area contributed by atoms with Crippen molar-refractivity contribution in [3.63, 3.8) is 0 Å². The standard InChI is InChI=1S/C32H41NO3Si/c1-31(2,3)37(27-16-9-5-10-17-27,28-18-11-6-12-19-28)36-24-25-20-21-29(33-26-14-7-4-8-15-26)32(34)22-13-23-35-30(25)32/h4-12,14-19,25,29-30,33-34H,13,20-24H2,1-3H3/t25-,29+,30+,32+/m0/s1. The molecule has 1 heterocycles. The maximum absolute atomic E-state index is 12.1. The zero-order valence-electron chi connectivity index (χ0n) is 22.4. The van der Waals surface area contributed by atoms with Crippen molar-refractivity contribution in [3.8, 4) is 0 Å². The van der Waals surface area contributed by atoms with E-state index in [1.54, 1.807) is 0 Å². The van der Waals surface area contributed by atoms with Crippen LogP contribution in [0.15, 0.2) is 91.0 Å². The first-order chi connectivity index (χ1) is 17.8. The Morgan fingerprint density at radius 2 is 1.46 bits per heavy atom. The van der Waals surface area contributed by atoms with Crippen molar-refractivity contribution in [1.82, 2.24) is 0 Å². The van der Waals surface area contributed by atoms with Crippen molar-refractivity contribution in [2.45, 2.75) is 69.2 Å². The van der Waals surface area contributed by atoms with E-state index >= 15 is 0 Å². The lowest BCUT2D eigenvalue weighted by molar-refractivity contribution is -0.194. The van der Waals surface area contributed by atoms with Gasteiger partial charge in [-0.25, -0.2) is 0 Å². The largest absolute Gasteiger partial charge is 0.407 e. The van der Waals surface area contributed by atoms with Crippen molar-refractivity contribution in [3.05, 3.63) is 91.0 Å². The van der Waals surface area contributed by atoms with E-state index in [-0.39, 0.29) is 23.1 Å². The highest BCUT2D eigenvalue weighted by molar-refractivity contribution is 6.99. The normalized spacial score (nSPS) is 26.3. The van der Waals surface area contributed by atoms with Crippen molar-refractivity contribution >= 4 is 24.4 Å². The number of anilines is 1. The second-order valence-electron chi connectivity index (χ2n) is 11.8. The van der Waals surface area contributed by atoms with Gasteiger partial charge in [-0.3, -0.25) is 0 Å². The SMILES string of the molecule is CC(C)(C)[Si](OC[C@@H]1CC[C@@H](Nc2ccccc2)[C@]2(O)CCCO[C@H]12)(c1ccccc1)c1ccccc1. The van der Waals surface area contributed by atoms with E-state index in [0.717, 1.165) is 31.4 Å². The lowest BCUT2D eigenvalue weighted by Gasteiger charge is -2.53. The topological polar surface area (TPSA) is 50.7 Å². The summed E-state index contributed by atoms with van der Waals surface area (Å²) < 4.78 is 13.7. The van der Waals surface area contributed by atoms with Crippen LogP contribution in [0.3, 0.4) is 0 Å². The molecule has 0 bridgehead atoms. The third-order valence-electron chi connectivity index (χ3n) is 8.41. The number of benzene rings is 3.